The normalized spacial score (nSPS) is 14.5. The number of aliphatic hydroxyl groups is 1. The molecule has 0 fully saturated rings. The van der Waals surface area contributed by atoms with Crippen LogP contribution in [0.3, 0.4) is 0 Å². The van der Waals surface area contributed by atoms with E-state index in [2.05, 4.69) is 0 Å². The van der Waals surface area contributed by atoms with E-state index in [0.29, 0.717) is 24.5 Å². The first-order valence-electron chi connectivity index (χ1n) is 5.87. The molecule has 0 saturated heterocycles. The molecule has 0 aliphatic heterocycles. The molecule has 0 aliphatic rings. The predicted octanol–water partition coefficient (Wildman–Crippen LogP) is 1.74. The molecule has 0 heterocycles. The van der Waals surface area contributed by atoms with E-state index in [1.165, 1.54) is 0 Å². The molecule has 1 aromatic carbocycles. The number of hydrogen-bond acceptors (Lipinski definition) is 4. The van der Waals surface area contributed by atoms with Gasteiger partial charge in [0.15, 0.2) is 0 Å². The maximum absolute atomic E-state index is 9.93. The van der Waals surface area contributed by atoms with Crippen LogP contribution in [0.25, 0.3) is 0 Å². The minimum Gasteiger partial charge on any atom is -0.398 e. The van der Waals surface area contributed by atoms with Crippen LogP contribution in [0.5, 0.6) is 0 Å². The molecule has 0 bridgehead atoms. The van der Waals surface area contributed by atoms with E-state index in [-0.39, 0.29) is 12.7 Å². The summed E-state index contributed by atoms with van der Waals surface area (Å²) >= 11 is 0. The second-order valence-electron chi connectivity index (χ2n) is 3.95. The molecule has 0 amide bonds. The maximum atomic E-state index is 9.93. The van der Waals surface area contributed by atoms with Gasteiger partial charge in [-0.25, -0.2) is 0 Å². The van der Waals surface area contributed by atoms with Crippen LogP contribution < -0.4 is 5.73 Å². The quantitative estimate of drug-likeness (QED) is 0.711. The number of benzene rings is 1. The van der Waals surface area contributed by atoms with E-state index >= 15 is 0 Å². The Balaban J connectivity index is 2.39. The third-order valence-electron chi connectivity index (χ3n) is 2.45. The Labute approximate surface area is 102 Å². The molecular formula is C13H21NO3. The molecule has 96 valence electrons. The van der Waals surface area contributed by atoms with Crippen LogP contribution in [-0.2, 0) is 9.47 Å². The lowest BCUT2D eigenvalue weighted by Crippen LogP contribution is -2.20. The molecule has 17 heavy (non-hydrogen) atoms. The van der Waals surface area contributed by atoms with Gasteiger partial charge in [-0.1, -0.05) is 18.2 Å². The van der Waals surface area contributed by atoms with Crippen molar-refractivity contribution in [3.05, 3.63) is 29.8 Å². The predicted molar refractivity (Wildman–Crippen MR) is 67.7 cm³/mol. The average molecular weight is 239 g/mol. The van der Waals surface area contributed by atoms with Gasteiger partial charge in [0, 0.05) is 17.9 Å². The Bertz CT molecular complexity index is 330. The van der Waals surface area contributed by atoms with E-state index in [9.17, 15) is 5.11 Å². The third kappa shape index (κ3) is 4.73. The molecule has 4 nitrogen and oxygen atoms in total. The molecule has 0 saturated carbocycles. The number of rotatable bonds is 7. The fourth-order valence-corrected chi connectivity index (χ4v) is 1.49. The number of para-hydroxylation sites is 1. The Kier molecular flexibility index (Phi) is 5.97. The van der Waals surface area contributed by atoms with Gasteiger partial charge in [0.2, 0.25) is 0 Å². The fraction of sp³-hybridized carbons (Fsp3) is 0.538. The van der Waals surface area contributed by atoms with Crippen LogP contribution >= 0.6 is 0 Å². The van der Waals surface area contributed by atoms with Crippen LogP contribution in [0, 0.1) is 0 Å². The van der Waals surface area contributed by atoms with Gasteiger partial charge >= 0.3 is 0 Å². The number of hydrogen-bond donors (Lipinski definition) is 2. The highest BCUT2D eigenvalue weighted by Gasteiger charge is 2.12. The first-order valence-corrected chi connectivity index (χ1v) is 5.87. The highest BCUT2D eigenvalue weighted by Crippen LogP contribution is 2.20. The van der Waals surface area contributed by atoms with Gasteiger partial charge in [-0.15, -0.1) is 0 Å². The first-order chi connectivity index (χ1) is 8.15. The third-order valence-corrected chi connectivity index (χ3v) is 2.45. The SMILES string of the molecule is CCOCC(C)OCC(O)c1ccccc1N. The minimum atomic E-state index is -0.694. The van der Waals surface area contributed by atoms with Gasteiger partial charge in [0.1, 0.15) is 6.10 Å². The summed E-state index contributed by atoms with van der Waals surface area (Å²) in [6.45, 7) is 5.28. The largest absolute Gasteiger partial charge is 0.398 e. The van der Waals surface area contributed by atoms with Crippen molar-refractivity contribution in [2.45, 2.75) is 26.1 Å². The van der Waals surface area contributed by atoms with Crippen molar-refractivity contribution in [2.24, 2.45) is 0 Å². The zero-order chi connectivity index (χ0) is 12.7. The van der Waals surface area contributed by atoms with Gasteiger partial charge in [-0.3, -0.25) is 0 Å². The molecule has 1 rings (SSSR count). The summed E-state index contributed by atoms with van der Waals surface area (Å²) in [5.74, 6) is 0. The molecule has 3 N–H and O–H groups in total. The number of aliphatic hydroxyl groups excluding tert-OH is 1. The maximum Gasteiger partial charge on any atom is 0.104 e. The van der Waals surface area contributed by atoms with Crippen molar-refractivity contribution < 1.29 is 14.6 Å². The highest BCUT2D eigenvalue weighted by molar-refractivity contribution is 5.47. The Morgan fingerprint density at radius 2 is 2.00 bits per heavy atom. The second-order valence-corrected chi connectivity index (χ2v) is 3.95. The Hall–Kier alpha value is -1.10. The van der Waals surface area contributed by atoms with E-state index in [4.69, 9.17) is 15.2 Å². The second kappa shape index (κ2) is 7.27. The number of nitrogens with two attached hydrogens (primary N) is 1. The van der Waals surface area contributed by atoms with Crippen LogP contribution in [0.1, 0.15) is 25.5 Å². The van der Waals surface area contributed by atoms with Crippen molar-refractivity contribution in [2.75, 3.05) is 25.6 Å². The van der Waals surface area contributed by atoms with Gasteiger partial charge in [-0.05, 0) is 19.9 Å². The van der Waals surface area contributed by atoms with E-state index in [0.717, 1.165) is 0 Å². The van der Waals surface area contributed by atoms with Crippen molar-refractivity contribution in [3.63, 3.8) is 0 Å². The van der Waals surface area contributed by atoms with Crippen LogP contribution in [0.15, 0.2) is 24.3 Å². The molecule has 1 aromatic rings. The zero-order valence-corrected chi connectivity index (χ0v) is 10.4. The molecule has 0 radical (unpaired) electrons. The van der Waals surface area contributed by atoms with Crippen LogP contribution in [0.2, 0.25) is 0 Å². The summed E-state index contributed by atoms with van der Waals surface area (Å²) in [6.07, 6.45) is -0.727. The summed E-state index contributed by atoms with van der Waals surface area (Å²) in [7, 11) is 0. The van der Waals surface area contributed by atoms with Gasteiger partial charge in [0.05, 0.1) is 19.3 Å². The molecule has 2 unspecified atom stereocenters. The van der Waals surface area contributed by atoms with Crippen molar-refractivity contribution >= 4 is 5.69 Å². The summed E-state index contributed by atoms with van der Waals surface area (Å²) in [4.78, 5) is 0. The van der Waals surface area contributed by atoms with Crippen molar-refractivity contribution in [1.29, 1.82) is 0 Å². The summed E-state index contributed by atoms with van der Waals surface area (Å²) in [6, 6.07) is 7.25. The summed E-state index contributed by atoms with van der Waals surface area (Å²) < 4.78 is 10.7. The van der Waals surface area contributed by atoms with Gasteiger partial charge in [0.25, 0.3) is 0 Å². The molecular weight excluding hydrogens is 218 g/mol. The van der Waals surface area contributed by atoms with Crippen LogP contribution in [-0.4, -0.2) is 31.0 Å². The average Bonchev–Trinajstić information content (AvgIpc) is 2.34. The number of anilines is 1. The molecule has 0 aliphatic carbocycles. The standard InChI is InChI=1S/C13H21NO3/c1-3-16-8-10(2)17-9-13(15)11-6-4-5-7-12(11)14/h4-7,10,13,15H,3,8-9,14H2,1-2H3. The van der Waals surface area contributed by atoms with E-state index < -0.39 is 6.10 Å². The number of nitrogen functional groups attached to an aromatic ring is 1. The lowest BCUT2D eigenvalue weighted by molar-refractivity contribution is -0.0393. The molecule has 4 heteroatoms. The Morgan fingerprint density at radius 3 is 2.65 bits per heavy atom. The molecule has 2 atom stereocenters. The zero-order valence-electron chi connectivity index (χ0n) is 10.4. The van der Waals surface area contributed by atoms with E-state index in [1.807, 2.05) is 26.0 Å². The van der Waals surface area contributed by atoms with Gasteiger partial charge in [-0.2, -0.15) is 0 Å². The summed E-state index contributed by atoms with van der Waals surface area (Å²) in [5, 5.41) is 9.93. The Morgan fingerprint density at radius 1 is 1.29 bits per heavy atom. The lowest BCUT2D eigenvalue weighted by atomic mass is 10.1. The highest BCUT2D eigenvalue weighted by atomic mass is 16.5. The van der Waals surface area contributed by atoms with Crippen molar-refractivity contribution in [3.8, 4) is 0 Å². The van der Waals surface area contributed by atoms with Crippen LogP contribution in [0.4, 0.5) is 5.69 Å². The van der Waals surface area contributed by atoms with Gasteiger partial charge < -0.3 is 20.3 Å². The number of ether oxygens (including phenoxy) is 2. The summed E-state index contributed by atoms with van der Waals surface area (Å²) in [5.41, 5.74) is 7.06. The smallest absolute Gasteiger partial charge is 0.104 e. The molecule has 0 spiro atoms. The first kappa shape index (κ1) is 14.0. The fourth-order valence-electron chi connectivity index (χ4n) is 1.49. The topological polar surface area (TPSA) is 64.7 Å². The lowest BCUT2D eigenvalue weighted by Gasteiger charge is -2.17. The van der Waals surface area contributed by atoms with Crippen molar-refractivity contribution in [1.82, 2.24) is 0 Å². The molecule has 0 aromatic heterocycles. The monoisotopic (exact) mass is 239 g/mol. The van der Waals surface area contributed by atoms with E-state index in [1.54, 1.807) is 12.1 Å². The minimum absolute atomic E-state index is 0.0328.